The Morgan fingerprint density at radius 2 is 1.77 bits per heavy atom. The molecule has 1 aliphatic heterocycles. The van der Waals surface area contributed by atoms with Crippen LogP contribution in [0.15, 0.2) is 47.0 Å². The van der Waals surface area contributed by atoms with Crippen LogP contribution in [0, 0.1) is 5.82 Å². The zero-order chi connectivity index (χ0) is 21.3. The van der Waals surface area contributed by atoms with E-state index in [1.165, 1.54) is 12.1 Å². The second-order valence-corrected chi connectivity index (χ2v) is 8.26. The molecule has 0 N–H and O–H groups in total. The van der Waals surface area contributed by atoms with E-state index >= 15 is 0 Å². The van der Waals surface area contributed by atoms with Crippen LogP contribution in [0.3, 0.4) is 0 Å². The molecule has 3 aromatic rings. The molecule has 2 aromatic carbocycles. The molecule has 4 rings (SSSR count). The average molecular weight is 469 g/mol. The number of nitrogens with zero attached hydrogens (tertiary/aromatic N) is 3. The summed E-state index contributed by atoms with van der Waals surface area (Å²) in [6, 6.07) is 11.0. The van der Waals surface area contributed by atoms with Crippen molar-refractivity contribution in [2.75, 3.05) is 26.2 Å². The third kappa shape index (κ3) is 4.62. The Bertz CT molecular complexity index is 1080. The summed E-state index contributed by atoms with van der Waals surface area (Å²) < 4.78 is 18.5. The third-order valence-electron chi connectivity index (χ3n) is 4.99. The van der Waals surface area contributed by atoms with Crippen LogP contribution in [0.25, 0.3) is 11.3 Å². The molecule has 2 heterocycles. The highest BCUT2D eigenvalue weighted by Crippen LogP contribution is 2.31. The second-order valence-electron chi connectivity index (χ2n) is 7.00. The number of hydrogen-bond acceptors (Lipinski definition) is 4. The zero-order valence-electron chi connectivity index (χ0n) is 15.7. The smallest absolute Gasteiger partial charge is 0.276 e. The topological polar surface area (TPSA) is 49.6 Å². The SMILES string of the molecule is O=C(c1cc(-c2ccc(Cl)cc2Cl)on1)N1CCN(Cc2ccc(F)cc2Cl)CC1. The zero-order valence-corrected chi connectivity index (χ0v) is 18.0. The van der Waals surface area contributed by atoms with Crippen LogP contribution in [-0.4, -0.2) is 47.0 Å². The van der Waals surface area contributed by atoms with Gasteiger partial charge in [-0.15, -0.1) is 0 Å². The first-order chi connectivity index (χ1) is 14.4. The Hall–Kier alpha value is -2.12. The Balaban J connectivity index is 1.38. The predicted octanol–water partition coefficient (Wildman–Crippen LogP) is 5.40. The molecule has 0 unspecified atom stereocenters. The number of benzene rings is 2. The number of piperazine rings is 1. The molecule has 30 heavy (non-hydrogen) atoms. The third-order valence-corrected chi connectivity index (χ3v) is 5.89. The van der Waals surface area contributed by atoms with Crippen molar-refractivity contribution in [3.05, 3.63) is 74.6 Å². The van der Waals surface area contributed by atoms with Gasteiger partial charge >= 0.3 is 0 Å². The van der Waals surface area contributed by atoms with Crippen molar-refractivity contribution in [2.24, 2.45) is 0 Å². The van der Waals surface area contributed by atoms with Gasteiger partial charge < -0.3 is 9.42 Å². The minimum absolute atomic E-state index is 0.199. The highest BCUT2D eigenvalue weighted by atomic mass is 35.5. The number of aromatic nitrogens is 1. The van der Waals surface area contributed by atoms with Crippen molar-refractivity contribution >= 4 is 40.7 Å². The van der Waals surface area contributed by atoms with Crippen molar-refractivity contribution in [2.45, 2.75) is 6.54 Å². The lowest BCUT2D eigenvalue weighted by Gasteiger charge is -2.34. The molecule has 156 valence electrons. The van der Waals surface area contributed by atoms with Gasteiger partial charge in [-0.25, -0.2) is 4.39 Å². The lowest BCUT2D eigenvalue weighted by molar-refractivity contribution is 0.0618. The summed E-state index contributed by atoms with van der Waals surface area (Å²) in [6.45, 7) is 3.04. The van der Waals surface area contributed by atoms with E-state index in [9.17, 15) is 9.18 Å². The van der Waals surface area contributed by atoms with Crippen LogP contribution < -0.4 is 0 Å². The number of amides is 1. The quantitative estimate of drug-likeness (QED) is 0.514. The van der Waals surface area contributed by atoms with Crippen LogP contribution in [0.5, 0.6) is 0 Å². The average Bonchev–Trinajstić information content (AvgIpc) is 3.20. The van der Waals surface area contributed by atoms with Crippen molar-refractivity contribution in [1.29, 1.82) is 0 Å². The van der Waals surface area contributed by atoms with Crippen molar-refractivity contribution < 1.29 is 13.7 Å². The van der Waals surface area contributed by atoms with E-state index in [0.29, 0.717) is 59.1 Å². The van der Waals surface area contributed by atoms with E-state index in [2.05, 4.69) is 10.1 Å². The molecule has 9 heteroatoms. The van der Waals surface area contributed by atoms with E-state index < -0.39 is 0 Å². The van der Waals surface area contributed by atoms with Gasteiger partial charge in [-0.2, -0.15) is 0 Å². The van der Waals surface area contributed by atoms with E-state index in [0.717, 1.165) is 5.56 Å². The number of hydrogen-bond donors (Lipinski definition) is 0. The van der Waals surface area contributed by atoms with Gasteiger partial charge in [0.2, 0.25) is 0 Å². The van der Waals surface area contributed by atoms with Gasteiger partial charge in [-0.05, 0) is 35.9 Å². The number of halogens is 4. The molecule has 1 aromatic heterocycles. The van der Waals surface area contributed by atoms with E-state index in [1.807, 2.05) is 0 Å². The molecule has 0 atom stereocenters. The Kier molecular flexibility index (Phi) is 6.29. The van der Waals surface area contributed by atoms with E-state index in [4.69, 9.17) is 39.3 Å². The molecule has 0 radical (unpaired) electrons. The fraction of sp³-hybridized carbons (Fsp3) is 0.238. The Morgan fingerprint density at radius 1 is 1.00 bits per heavy atom. The van der Waals surface area contributed by atoms with Crippen molar-refractivity contribution in [3.8, 4) is 11.3 Å². The van der Waals surface area contributed by atoms with Crippen LogP contribution in [0.1, 0.15) is 16.1 Å². The van der Waals surface area contributed by atoms with Gasteiger partial charge in [0.05, 0.1) is 5.02 Å². The highest BCUT2D eigenvalue weighted by molar-refractivity contribution is 6.36. The van der Waals surface area contributed by atoms with Crippen LogP contribution >= 0.6 is 34.8 Å². The molecule has 0 bridgehead atoms. The number of carbonyl (C=O) groups excluding carboxylic acids is 1. The Labute approximate surface area is 187 Å². The monoisotopic (exact) mass is 467 g/mol. The summed E-state index contributed by atoms with van der Waals surface area (Å²) in [6.07, 6.45) is 0. The predicted molar refractivity (Wildman–Crippen MR) is 115 cm³/mol. The second kappa shape index (κ2) is 8.94. The van der Waals surface area contributed by atoms with E-state index in [-0.39, 0.29) is 17.4 Å². The number of rotatable bonds is 4. The fourth-order valence-electron chi connectivity index (χ4n) is 3.35. The van der Waals surface area contributed by atoms with Gasteiger partial charge in [0.15, 0.2) is 11.5 Å². The molecule has 0 aliphatic carbocycles. The number of carbonyl (C=O) groups is 1. The van der Waals surface area contributed by atoms with Gasteiger partial charge in [0.25, 0.3) is 5.91 Å². The summed E-state index contributed by atoms with van der Waals surface area (Å²) in [7, 11) is 0. The van der Waals surface area contributed by atoms with Crippen LogP contribution in [0.4, 0.5) is 4.39 Å². The highest BCUT2D eigenvalue weighted by Gasteiger charge is 2.25. The largest absolute Gasteiger partial charge is 0.355 e. The maximum Gasteiger partial charge on any atom is 0.276 e. The van der Waals surface area contributed by atoms with Gasteiger partial charge in [0.1, 0.15) is 5.82 Å². The molecule has 0 spiro atoms. The van der Waals surface area contributed by atoms with E-state index in [1.54, 1.807) is 35.2 Å². The molecule has 5 nitrogen and oxygen atoms in total. The summed E-state index contributed by atoms with van der Waals surface area (Å²) in [4.78, 5) is 16.7. The van der Waals surface area contributed by atoms with Gasteiger partial charge in [-0.3, -0.25) is 9.69 Å². The first-order valence-electron chi connectivity index (χ1n) is 9.28. The summed E-state index contributed by atoms with van der Waals surface area (Å²) >= 11 is 18.2. The van der Waals surface area contributed by atoms with Crippen molar-refractivity contribution in [1.82, 2.24) is 15.0 Å². The molecule has 0 saturated carbocycles. The van der Waals surface area contributed by atoms with Gasteiger partial charge in [0, 0.05) is 54.4 Å². The lowest BCUT2D eigenvalue weighted by Crippen LogP contribution is -2.48. The standard InChI is InChI=1S/C21H17Cl3FN3O2/c22-14-2-4-16(18(24)9-14)20-11-19(26-30-20)21(29)28-7-5-27(6-8-28)12-13-1-3-15(25)10-17(13)23/h1-4,9-11H,5-8,12H2. The van der Waals surface area contributed by atoms with Crippen molar-refractivity contribution in [3.63, 3.8) is 0 Å². The molecule has 1 amide bonds. The molecule has 1 aliphatic rings. The first-order valence-corrected chi connectivity index (χ1v) is 10.4. The summed E-state index contributed by atoms with van der Waals surface area (Å²) in [5, 5.41) is 5.26. The summed E-state index contributed by atoms with van der Waals surface area (Å²) in [5.41, 5.74) is 1.71. The fourth-order valence-corrected chi connectivity index (χ4v) is 4.08. The lowest BCUT2D eigenvalue weighted by atomic mass is 10.1. The van der Waals surface area contributed by atoms with Crippen LogP contribution in [0.2, 0.25) is 15.1 Å². The Morgan fingerprint density at radius 3 is 2.47 bits per heavy atom. The summed E-state index contributed by atoms with van der Waals surface area (Å²) in [5.74, 6) is -0.148. The van der Waals surface area contributed by atoms with Crippen LogP contribution in [-0.2, 0) is 6.54 Å². The normalized spacial score (nSPS) is 14.9. The maximum atomic E-state index is 13.2. The maximum absolute atomic E-state index is 13.2. The molecule has 1 saturated heterocycles. The minimum Gasteiger partial charge on any atom is -0.355 e. The molecule has 1 fully saturated rings. The first kappa shape index (κ1) is 21.1. The van der Waals surface area contributed by atoms with Gasteiger partial charge in [-0.1, -0.05) is 46.0 Å². The molecular weight excluding hydrogens is 452 g/mol. The molecular formula is C21H17Cl3FN3O2. The minimum atomic E-state index is -0.356.